The first kappa shape index (κ1) is 16.8. The molecule has 5 nitrogen and oxygen atoms in total. The molecular formula is C19H19FN4O. The van der Waals surface area contributed by atoms with E-state index in [4.69, 9.17) is 0 Å². The Morgan fingerprint density at radius 3 is 2.84 bits per heavy atom. The van der Waals surface area contributed by atoms with E-state index in [0.717, 1.165) is 5.56 Å². The average molecular weight is 338 g/mol. The number of hydrogen-bond donors (Lipinski definition) is 1. The van der Waals surface area contributed by atoms with Gasteiger partial charge in [-0.1, -0.05) is 18.2 Å². The molecule has 0 aliphatic rings. The molecule has 1 amide bonds. The zero-order valence-electron chi connectivity index (χ0n) is 13.9. The molecule has 0 saturated carbocycles. The topological polar surface area (TPSA) is 59.8 Å². The SMILES string of the molecule is Cn1ccnc1[C@H](NC(=O)CCc1cccnc1)c1cccc(F)c1. The second-order valence-electron chi connectivity index (χ2n) is 5.81. The van der Waals surface area contributed by atoms with Crippen molar-refractivity contribution < 1.29 is 9.18 Å². The lowest BCUT2D eigenvalue weighted by atomic mass is 10.0. The fourth-order valence-corrected chi connectivity index (χ4v) is 2.68. The van der Waals surface area contributed by atoms with Gasteiger partial charge in [-0.25, -0.2) is 9.37 Å². The normalized spacial score (nSPS) is 11.9. The molecular weight excluding hydrogens is 319 g/mol. The van der Waals surface area contributed by atoms with Gasteiger partial charge in [-0.05, 0) is 35.7 Å². The number of amides is 1. The lowest BCUT2D eigenvalue weighted by molar-refractivity contribution is -0.121. The van der Waals surface area contributed by atoms with Gasteiger partial charge in [0.05, 0.1) is 0 Å². The van der Waals surface area contributed by atoms with Crippen LogP contribution in [0.1, 0.15) is 29.4 Å². The molecule has 0 spiro atoms. The summed E-state index contributed by atoms with van der Waals surface area (Å²) < 4.78 is 15.4. The van der Waals surface area contributed by atoms with Crippen molar-refractivity contribution in [2.45, 2.75) is 18.9 Å². The minimum Gasteiger partial charge on any atom is -0.342 e. The third-order valence-corrected chi connectivity index (χ3v) is 3.97. The minimum atomic E-state index is -0.503. The Labute approximate surface area is 145 Å². The number of aryl methyl sites for hydroxylation is 2. The summed E-state index contributed by atoms with van der Waals surface area (Å²) in [5.41, 5.74) is 1.65. The number of nitrogens with one attached hydrogen (secondary N) is 1. The molecule has 0 fully saturated rings. The van der Waals surface area contributed by atoms with Gasteiger partial charge < -0.3 is 9.88 Å². The standard InChI is InChI=1S/C19H19FN4O/c1-24-11-10-22-19(24)18(15-5-2-6-16(20)12-15)23-17(25)8-7-14-4-3-9-21-13-14/h2-6,9-13,18H,7-8H2,1H3,(H,23,25)/t18-/m1/s1. The van der Waals surface area contributed by atoms with Crippen molar-refractivity contribution in [2.24, 2.45) is 7.05 Å². The third-order valence-electron chi connectivity index (χ3n) is 3.97. The molecule has 0 saturated heterocycles. The second kappa shape index (κ2) is 7.70. The van der Waals surface area contributed by atoms with Crippen molar-refractivity contribution in [3.05, 3.63) is 84.0 Å². The van der Waals surface area contributed by atoms with Crippen LogP contribution in [0.4, 0.5) is 4.39 Å². The molecule has 3 rings (SSSR count). The van der Waals surface area contributed by atoms with Crippen LogP contribution in [0.3, 0.4) is 0 Å². The monoisotopic (exact) mass is 338 g/mol. The van der Waals surface area contributed by atoms with Crippen molar-refractivity contribution in [2.75, 3.05) is 0 Å². The van der Waals surface area contributed by atoms with Crippen LogP contribution in [0.2, 0.25) is 0 Å². The van der Waals surface area contributed by atoms with Crippen molar-refractivity contribution in [3.63, 3.8) is 0 Å². The van der Waals surface area contributed by atoms with Crippen LogP contribution < -0.4 is 5.32 Å². The fraction of sp³-hybridized carbons (Fsp3) is 0.211. The molecule has 25 heavy (non-hydrogen) atoms. The van der Waals surface area contributed by atoms with Gasteiger partial charge in [-0.2, -0.15) is 0 Å². The second-order valence-corrected chi connectivity index (χ2v) is 5.81. The molecule has 2 aromatic heterocycles. The number of rotatable bonds is 6. The molecule has 3 aromatic rings. The number of imidazole rings is 1. The summed E-state index contributed by atoms with van der Waals surface area (Å²) in [6, 6.07) is 9.48. The number of halogens is 1. The highest BCUT2D eigenvalue weighted by Crippen LogP contribution is 2.21. The lowest BCUT2D eigenvalue weighted by Crippen LogP contribution is -2.31. The van der Waals surface area contributed by atoms with Crippen LogP contribution in [0.15, 0.2) is 61.2 Å². The van der Waals surface area contributed by atoms with Gasteiger partial charge in [-0.3, -0.25) is 9.78 Å². The van der Waals surface area contributed by atoms with E-state index in [2.05, 4.69) is 15.3 Å². The highest BCUT2D eigenvalue weighted by Gasteiger charge is 2.21. The van der Waals surface area contributed by atoms with Gasteiger partial charge in [0.15, 0.2) is 0 Å². The summed E-state index contributed by atoms with van der Waals surface area (Å²) in [4.78, 5) is 20.8. The molecule has 0 radical (unpaired) electrons. The molecule has 1 aromatic carbocycles. The smallest absolute Gasteiger partial charge is 0.221 e. The summed E-state index contributed by atoms with van der Waals surface area (Å²) in [5.74, 6) is 0.183. The number of pyridine rings is 1. The van der Waals surface area contributed by atoms with Gasteiger partial charge >= 0.3 is 0 Å². The van der Waals surface area contributed by atoms with E-state index in [1.807, 2.05) is 23.7 Å². The van der Waals surface area contributed by atoms with Crippen LogP contribution in [0.5, 0.6) is 0 Å². The highest BCUT2D eigenvalue weighted by atomic mass is 19.1. The van der Waals surface area contributed by atoms with E-state index in [9.17, 15) is 9.18 Å². The van der Waals surface area contributed by atoms with Crippen LogP contribution >= 0.6 is 0 Å². The van der Waals surface area contributed by atoms with Crippen LogP contribution in [0, 0.1) is 5.82 Å². The molecule has 1 atom stereocenters. The first-order valence-corrected chi connectivity index (χ1v) is 8.04. The van der Waals surface area contributed by atoms with Crippen LogP contribution in [-0.4, -0.2) is 20.4 Å². The maximum absolute atomic E-state index is 13.6. The van der Waals surface area contributed by atoms with Gasteiger partial charge in [0, 0.05) is 38.3 Å². The van der Waals surface area contributed by atoms with Gasteiger partial charge in [0.1, 0.15) is 17.7 Å². The largest absolute Gasteiger partial charge is 0.342 e. The first-order valence-electron chi connectivity index (χ1n) is 8.04. The Hall–Kier alpha value is -3.02. The summed E-state index contributed by atoms with van der Waals surface area (Å²) in [7, 11) is 1.84. The minimum absolute atomic E-state index is 0.124. The molecule has 0 aliphatic heterocycles. The average Bonchev–Trinajstić information content (AvgIpc) is 3.04. The Bertz CT molecular complexity index is 847. The van der Waals surface area contributed by atoms with Crippen molar-refractivity contribution >= 4 is 5.91 Å². The van der Waals surface area contributed by atoms with Crippen molar-refractivity contribution in [1.29, 1.82) is 0 Å². The van der Waals surface area contributed by atoms with E-state index in [-0.39, 0.29) is 11.7 Å². The van der Waals surface area contributed by atoms with Crippen molar-refractivity contribution in [1.82, 2.24) is 19.9 Å². The predicted octanol–water partition coefficient (Wildman–Crippen LogP) is 2.79. The number of aromatic nitrogens is 3. The number of hydrogen-bond acceptors (Lipinski definition) is 3. The van der Waals surface area contributed by atoms with Gasteiger partial charge in [0.2, 0.25) is 5.91 Å². The summed E-state index contributed by atoms with van der Waals surface area (Å²) >= 11 is 0. The molecule has 2 heterocycles. The molecule has 0 unspecified atom stereocenters. The summed E-state index contributed by atoms with van der Waals surface area (Å²) in [5, 5.41) is 2.96. The number of carbonyl (C=O) groups excluding carboxylic acids is 1. The lowest BCUT2D eigenvalue weighted by Gasteiger charge is -2.19. The fourth-order valence-electron chi connectivity index (χ4n) is 2.68. The van der Waals surface area contributed by atoms with E-state index in [0.29, 0.717) is 24.2 Å². The molecule has 1 N–H and O–H groups in total. The van der Waals surface area contributed by atoms with E-state index in [1.165, 1.54) is 12.1 Å². The zero-order valence-corrected chi connectivity index (χ0v) is 13.9. The van der Waals surface area contributed by atoms with Crippen LogP contribution in [0.25, 0.3) is 0 Å². The molecule has 6 heteroatoms. The van der Waals surface area contributed by atoms with Crippen molar-refractivity contribution in [3.8, 4) is 0 Å². The Kier molecular flexibility index (Phi) is 5.18. The first-order chi connectivity index (χ1) is 12.1. The maximum atomic E-state index is 13.6. The van der Waals surface area contributed by atoms with Gasteiger partial charge in [-0.15, -0.1) is 0 Å². The van der Waals surface area contributed by atoms with E-state index in [1.54, 1.807) is 36.9 Å². The zero-order chi connectivity index (χ0) is 17.6. The number of nitrogens with zero attached hydrogens (tertiary/aromatic N) is 3. The summed E-state index contributed by atoms with van der Waals surface area (Å²) in [6.45, 7) is 0. The third kappa shape index (κ3) is 4.29. The van der Waals surface area contributed by atoms with Crippen LogP contribution in [-0.2, 0) is 18.3 Å². The maximum Gasteiger partial charge on any atom is 0.221 e. The number of benzene rings is 1. The summed E-state index contributed by atoms with van der Waals surface area (Å²) in [6.07, 6.45) is 7.81. The van der Waals surface area contributed by atoms with E-state index >= 15 is 0 Å². The Morgan fingerprint density at radius 1 is 1.28 bits per heavy atom. The van der Waals surface area contributed by atoms with E-state index < -0.39 is 6.04 Å². The Morgan fingerprint density at radius 2 is 2.16 bits per heavy atom. The molecule has 0 bridgehead atoms. The highest BCUT2D eigenvalue weighted by molar-refractivity contribution is 5.77. The predicted molar refractivity (Wildman–Crippen MR) is 92.2 cm³/mol. The quantitative estimate of drug-likeness (QED) is 0.752. The van der Waals surface area contributed by atoms with Gasteiger partial charge in [0.25, 0.3) is 0 Å². The Balaban J connectivity index is 1.76. The molecule has 0 aliphatic carbocycles. The molecule has 128 valence electrons. The number of carbonyl (C=O) groups is 1.